The smallest absolute Gasteiger partial charge is 0.0397 e. The molecule has 1 saturated carbocycles. The van der Waals surface area contributed by atoms with E-state index in [4.69, 9.17) is 5.73 Å². The highest BCUT2D eigenvalue weighted by Crippen LogP contribution is 2.32. The number of anilines is 1. The van der Waals surface area contributed by atoms with Crippen LogP contribution in [0, 0.1) is 12.8 Å². The molecule has 1 aliphatic rings. The van der Waals surface area contributed by atoms with Crippen LogP contribution in [0.2, 0.25) is 0 Å². The van der Waals surface area contributed by atoms with Gasteiger partial charge < -0.3 is 10.6 Å². The minimum Gasteiger partial charge on any atom is -0.374 e. The normalized spacial score (nSPS) is 16.9. The SMILES string of the molecule is Cc1ccc(N(C)CC2CC2)c(CC(C)N)c1. The highest BCUT2D eigenvalue weighted by Gasteiger charge is 2.23. The minimum atomic E-state index is 0.227. The van der Waals surface area contributed by atoms with Gasteiger partial charge in [0.2, 0.25) is 0 Å². The first kappa shape index (κ1) is 12.4. The zero-order chi connectivity index (χ0) is 12.4. The second kappa shape index (κ2) is 5.09. The highest BCUT2D eigenvalue weighted by atomic mass is 15.1. The summed E-state index contributed by atoms with van der Waals surface area (Å²) in [4.78, 5) is 2.40. The summed E-state index contributed by atoms with van der Waals surface area (Å²) in [6.45, 7) is 5.41. The van der Waals surface area contributed by atoms with Crippen molar-refractivity contribution in [2.75, 3.05) is 18.5 Å². The van der Waals surface area contributed by atoms with Crippen LogP contribution in [0.25, 0.3) is 0 Å². The topological polar surface area (TPSA) is 29.3 Å². The van der Waals surface area contributed by atoms with Crippen LogP contribution in [0.1, 0.15) is 30.9 Å². The van der Waals surface area contributed by atoms with E-state index in [1.165, 1.54) is 36.2 Å². The van der Waals surface area contributed by atoms with Crippen LogP contribution in [0.3, 0.4) is 0 Å². The molecule has 1 aliphatic carbocycles. The molecule has 0 aromatic heterocycles. The second-order valence-corrected chi connectivity index (χ2v) is 5.64. The molecule has 0 saturated heterocycles. The van der Waals surface area contributed by atoms with E-state index in [-0.39, 0.29) is 6.04 Å². The van der Waals surface area contributed by atoms with Gasteiger partial charge in [0.15, 0.2) is 0 Å². The zero-order valence-corrected chi connectivity index (χ0v) is 11.2. The lowest BCUT2D eigenvalue weighted by Crippen LogP contribution is -2.24. The van der Waals surface area contributed by atoms with Gasteiger partial charge in [-0.05, 0) is 50.7 Å². The van der Waals surface area contributed by atoms with Crippen LogP contribution in [-0.4, -0.2) is 19.6 Å². The van der Waals surface area contributed by atoms with Crippen LogP contribution < -0.4 is 10.6 Å². The summed E-state index contributed by atoms with van der Waals surface area (Å²) in [6, 6.07) is 6.95. The van der Waals surface area contributed by atoms with Crippen molar-refractivity contribution in [3.05, 3.63) is 29.3 Å². The maximum absolute atomic E-state index is 5.94. The van der Waals surface area contributed by atoms with Crippen molar-refractivity contribution in [2.24, 2.45) is 11.7 Å². The maximum Gasteiger partial charge on any atom is 0.0397 e. The molecule has 0 radical (unpaired) electrons. The van der Waals surface area contributed by atoms with Crippen LogP contribution in [0.5, 0.6) is 0 Å². The lowest BCUT2D eigenvalue weighted by atomic mass is 10.0. The van der Waals surface area contributed by atoms with Gasteiger partial charge in [-0.2, -0.15) is 0 Å². The predicted octanol–water partition coefficient (Wildman–Crippen LogP) is 2.73. The molecule has 1 fully saturated rings. The van der Waals surface area contributed by atoms with Crippen LogP contribution in [-0.2, 0) is 6.42 Å². The first-order valence-corrected chi connectivity index (χ1v) is 6.62. The van der Waals surface area contributed by atoms with E-state index in [1.807, 2.05) is 0 Å². The van der Waals surface area contributed by atoms with Gasteiger partial charge in [0.05, 0.1) is 0 Å². The van der Waals surface area contributed by atoms with Gasteiger partial charge in [0, 0.05) is 25.3 Å². The quantitative estimate of drug-likeness (QED) is 0.846. The van der Waals surface area contributed by atoms with E-state index in [2.05, 4.69) is 44.0 Å². The molecule has 0 spiro atoms. The lowest BCUT2D eigenvalue weighted by Gasteiger charge is -2.23. The second-order valence-electron chi connectivity index (χ2n) is 5.64. The third kappa shape index (κ3) is 3.47. The predicted molar refractivity (Wildman–Crippen MR) is 74.5 cm³/mol. The van der Waals surface area contributed by atoms with E-state index in [0.717, 1.165) is 12.3 Å². The van der Waals surface area contributed by atoms with Crippen molar-refractivity contribution in [2.45, 2.75) is 39.2 Å². The Hall–Kier alpha value is -1.02. The van der Waals surface area contributed by atoms with Crippen molar-refractivity contribution in [3.63, 3.8) is 0 Å². The van der Waals surface area contributed by atoms with Gasteiger partial charge in [0.25, 0.3) is 0 Å². The highest BCUT2D eigenvalue weighted by molar-refractivity contribution is 5.55. The number of benzene rings is 1. The Labute approximate surface area is 105 Å². The van der Waals surface area contributed by atoms with Gasteiger partial charge >= 0.3 is 0 Å². The van der Waals surface area contributed by atoms with Crippen molar-refractivity contribution in [1.82, 2.24) is 0 Å². The Bertz CT molecular complexity index is 381. The molecule has 0 bridgehead atoms. The summed E-state index contributed by atoms with van der Waals surface area (Å²) in [7, 11) is 2.20. The van der Waals surface area contributed by atoms with E-state index >= 15 is 0 Å². The average Bonchev–Trinajstić information content (AvgIpc) is 3.00. The van der Waals surface area contributed by atoms with Crippen LogP contribution in [0.15, 0.2) is 18.2 Å². The Kier molecular flexibility index (Phi) is 3.72. The number of nitrogens with zero attached hydrogens (tertiary/aromatic N) is 1. The van der Waals surface area contributed by atoms with Gasteiger partial charge in [-0.25, -0.2) is 0 Å². The Balaban J connectivity index is 2.17. The van der Waals surface area contributed by atoms with Crippen molar-refractivity contribution in [3.8, 4) is 0 Å². The molecule has 2 N–H and O–H groups in total. The molecular formula is C15H24N2. The van der Waals surface area contributed by atoms with E-state index in [1.54, 1.807) is 0 Å². The Morgan fingerprint density at radius 1 is 1.41 bits per heavy atom. The standard InChI is InChI=1S/C15H24N2/c1-11-4-7-15(14(8-11)9-12(2)16)17(3)10-13-5-6-13/h4,7-8,12-13H,5-6,9-10,16H2,1-3H3. The van der Waals surface area contributed by atoms with E-state index in [9.17, 15) is 0 Å². The largest absolute Gasteiger partial charge is 0.374 e. The first-order chi connectivity index (χ1) is 8.06. The van der Waals surface area contributed by atoms with Crippen molar-refractivity contribution < 1.29 is 0 Å². The maximum atomic E-state index is 5.94. The molecule has 17 heavy (non-hydrogen) atoms. The molecule has 1 aromatic rings. The molecule has 2 rings (SSSR count). The van der Waals surface area contributed by atoms with Crippen LogP contribution in [0.4, 0.5) is 5.69 Å². The van der Waals surface area contributed by atoms with Gasteiger partial charge in [-0.1, -0.05) is 17.7 Å². The summed E-state index contributed by atoms with van der Waals surface area (Å²) in [5.74, 6) is 0.921. The van der Waals surface area contributed by atoms with Gasteiger partial charge in [-0.15, -0.1) is 0 Å². The molecule has 1 unspecified atom stereocenters. The van der Waals surface area contributed by atoms with Gasteiger partial charge in [-0.3, -0.25) is 0 Å². The van der Waals surface area contributed by atoms with E-state index in [0.29, 0.717) is 0 Å². The summed E-state index contributed by atoms with van der Waals surface area (Å²) in [5.41, 5.74) is 10.0. The first-order valence-electron chi connectivity index (χ1n) is 6.62. The fourth-order valence-corrected chi connectivity index (χ4v) is 2.38. The van der Waals surface area contributed by atoms with E-state index < -0.39 is 0 Å². The molecule has 1 atom stereocenters. The summed E-state index contributed by atoms with van der Waals surface area (Å²) in [5, 5.41) is 0. The Morgan fingerprint density at radius 3 is 2.71 bits per heavy atom. The fraction of sp³-hybridized carbons (Fsp3) is 0.600. The third-order valence-corrected chi connectivity index (χ3v) is 3.42. The number of hydrogen-bond acceptors (Lipinski definition) is 2. The lowest BCUT2D eigenvalue weighted by molar-refractivity contribution is 0.727. The molecule has 1 aromatic carbocycles. The Morgan fingerprint density at radius 2 is 2.12 bits per heavy atom. The molecule has 2 heteroatoms. The molecule has 2 nitrogen and oxygen atoms in total. The third-order valence-electron chi connectivity index (χ3n) is 3.42. The summed E-state index contributed by atoms with van der Waals surface area (Å²) < 4.78 is 0. The monoisotopic (exact) mass is 232 g/mol. The number of hydrogen-bond donors (Lipinski definition) is 1. The summed E-state index contributed by atoms with van der Waals surface area (Å²) >= 11 is 0. The fourth-order valence-electron chi connectivity index (χ4n) is 2.38. The zero-order valence-electron chi connectivity index (χ0n) is 11.2. The minimum absolute atomic E-state index is 0.227. The van der Waals surface area contributed by atoms with Crippen molar-refractivity contribution in [1.29, 1.82) is 0 Å². The molecule has 0 aliphatic heterocycles. The molecular weight excluding hydrogens is 208 g/mol. The van der Waals surface area contributed by atoms with Crippen LogP contribution >= 0.6 is 0 Å². The average molecular weight is 232 g/mol. The van der Waals surface area contributed by atoms with Gasteiger partial charge in [0.1, 0.15) is 0 Å². The number of rotatable bonds is 5. The molecule has 0 amide bonds. The molecule has 94 valence electrons. The summed E-state index contributed by atoms with van der Waals surface area (Å²) in [6.07, 6.45) is 3.77. The number of nitrogens with two attached hydrogens (primary N) is 1. The van der Waals surface area contributed by atoms with Crippen molar-refractivity contribution >= 4 is 5.69 Å². The number of aryl methyl sites for hydroxylation is 1. The molecule has 0 heterocycles.